The number of fused-ring (bicyclic) bond motifs is 1. The van der Waals surface area contributed by atoms with Gasteiger partial charge in [-0.2, -0.15) is 0 Å². The average Bonchev–Trinajstić information content (AvgIpc) is 3.17. The van der Waals surface area contributed by atoms with Gasteiger partial charge in [-0.3, -0.25) is 0 Å². The number of carboxylic acids is 1. The molecule has 0 bridgehead atoms. The van der Waals surface area contributed by atoms with Crippen LogP contribution in [0, 0.1) is 0 Å². The second-order valence-electron chi connectivity index (χ2n) is 6.95. The fourth-order valence-corrected chi connectivity index (χ4v) is 4.59. The molecule has 0 fully saturated rings. The van der Waals surface area contributed by atoms with Gasteiger partial charge in [-0.25, -0.2) is 13.1 Å². The van der Waals surface area contributed by atoms with Crippen LogP contribution in [-0.4, -0.2) is 25.4 Å². The second-order valence-corrected chi connectivity index (χ2v) is 8.66. The minimum Gasteiger partial charge on any atom is -0.548 e. The number of hydrogen-bond acceptors (Lipinski definition) is 4. The number of carbonyl (C=O) groups excluding carboxylic acids is 1. The number of para-hydroxylation sites is 1. The maximum absolute atomic E-state index is 12.8. The number of aromatic amines is 1. The molecule has 30 heavy (non-hydrogen) atoms. The molecule has 3 aromatic carbocycles. The van der Waals surface area contributed by atoms with Gasteiger partial charge in [-0.05, 0) is 41.3 Å². The molecule has 1 aromatic heterocycles. The minimum absolute atomic E-state index is 0.00708. The molecule has 152 valence electrons. The molecular formula is C23H19N2O4S-. The van der Waals surface area contributed by atoms with Crippen LogP contribution in [0.1, 0.15) is 5.56 Å². The van der Waals surface area contributed by atoms with E-state index >= 15 is 0 Å². The third-order valence-corrected chi connectivity index (χ3v) is 6.44. The van der Waals surface area contributed by atoms with Gasteiger partial charge in [0.2, 0.25) is 10.0 Å². The summed E-state index contributed by atoms with van der Waals surface area (Å²) in [7, 11) is -4.04. The minimum atomic E-state index is -4.04. The smallest absolute Gasteiger partial charge is 0.241 e. The van der Waals surface area contributed by atoms with Crippen molar-refractivity contribution in [1.82, 2.24) is 9.71 Å². The third-order valence-electron chi connectivity index (χ3n) is 4.95. The van der Waals surface area contributed by atoms with Crippen LogP contribution in [0.25, 0.3) is 22.0 Å². The van der Waals surface area contributed by atoms with Gasteiger partial charge in [0.05, 0.1) is 16.9 Å². The number of carbonyl (C=O) groups is 1. The summed E-state index contributed by atoms with van der Waals surface area (Å²) in [5, 5.41) is 12.5. The van der Waals surface area contributed by atoms with E-state index in [9.17, 15) is 18.3 Å². The number of benzene rings is 3. The van der Waals surface area contributed by atoms with Crippen LogP contribution in [-0.2, 0) is 21.2 Å². The Balaban J connectivity index is 1.56. The lowest BCUT2D eigenvalue weighted by Gasteiger charge is -2.19. The van der Waals surface area contributed by atoms with Crippen molar-refractivity contribution in [3.8, 4) is 11.1 Å². The highest BCUT2D eigenvalue weighted by Gasteiger charge is 2.22. The first kappa shape index (κ1) is 19.9. The van der Waals surface area contributed by atoms with Gasteiger partial charge in [0.1, 0.15) is 0 Å². The van der Waals surface area contributed by atoms with Crippen LogP contribution in [0.4, 0.5) is 0 Å². The summed E-state index contributed by atoms with van der Waals surface area (Å²) in [6.45, 7) is 0. The zero-order chi connectivity index (χ0) is 21.1. The fraction of sp³-hybridized carbons (Fsp3) is 0.0870. The van der Waals surface area contributed by atoms with E-state index in [1.165, 1.54) is 12.1 Å². The normalized spacial score (nSPS) is 12.7. The first-order valence-electron chi connectivity index (χ1n) is 9.38. The molecule has 6 nitrogen and oxygen atoms in total. The van der Waals surface area contributed by atoms with Gasteiger partial charge in [-0.1, -0.05) is 60.7 Å². The van der Waals surface area contributed by atoms with Gasteiger partial charge in [0.25, 0.3) is 0 Å². The van der Waals surface area contributed by atoms with Gasteiger partial charge in [0, 0.05) is 17.1 Å². The molecule has 4 aromatic rings. The van der Waals surface area contributed by atoms with E-state index < -0.39 is 22.0 Å². The predicted molar refractivity (Wildman–Crippen MR) is 113 cm³/mol. The Bertz CT molecular complexity index is 1280. The summed E-state index contributed by atoms with van der Waals surface area (Å²) in [5.41, 5.74) is 3.37. The predicted octanol–water partition coefficient (Wildman–Crippen LogP) is 2.47. The van der Waals surface area contributed by atoms with E-state index in [2.05, 4.69) is 9.71 Å². The molecule has 2 N–H and O–H groups in total. The van der Waals surface area contributed by atoms with Crippen LogP contribution >= 0.6 is 0 Å². The maximum atomic E-state index is 12.8. The molecule has 0 aliphatic rings. The highest BCUT2D eigenvalue weighted by atomic mass is 32.2. The first-order valence-corrected chi connectivity index (χ1v) is 10.9. The molecular weight excluding hydrogens is 400 g/mol. The molecule has 4 rings (SSSR count). The van der Waals surface area contributed by atoms with Crippen LogP contribution in [0.15, 0.2) is 90.0 Å². The third kappa shape index (κ3) is 4.12. The summed E-state index contributed by atoms with van der Waals surface area (Å²) in [6, 6.07) is 21.9. The Labute approximate surface area is 174 Å². The maximum Gasteiger partial charge on any atom is 0.241 e. The number of nitrogens with one attached hydrogen (secondary N) is 2. The number of carboxylic acid groups (broad SMARTS) is 1. The van der Waals surface area contributed by atoms with E-state index in [1.807, 2.05) is 54.6 Å². The highest BCUT2D eigenvalue weighted by molar-refractivity contribution is 7.89. The van der Waals surface area contributed by atoms with Crippen molar-refractivity contribution in [3.63, 3.8) is 0 Å². The lowest BCUT2D eigenvalue weighted by molar-refractivity contribution is -0.307. The Morgan fingerprint density at radius 2 is 1.53 bits per heavy atom. The van der Waals surface area contributed by atoms with Crippen LogP contribution < -0.4 is 9.83 Å². The van der Waals surface area contributed by atoms with Gasteiger partial charge < -0.3 is 14.9 Å². The fourth-order valence-electron chi connectivity index (χ4n) is 3.41. The Hall–Kier alpha value is -3.42. The van der Waals surface area contributed by atoms with E-state index in [4.69, 9.17) is 0 Å². The van der Waals surface area contributed by atoms with Crippen molar-refractivity contribution in [2.75, 3.05) is 0 Å². The largest absolute Gasteiger partial charge is 0.548 e. The number of rotatable bonds is 7. The topological polar surface area (TPSA) is 102 Å². The molecule has 1 heterocycles. The highest BCUT2D eigenvalue weighted by Crippen LogP contribution is 2.22. The lowest BCUT2D eigenvalue weighted by Crippen LogP contribution is -2.49. The zero-order valence-corrected chi connectivity index (χ0v) is 16.7. The number of aromatic nitrogens is 1. The van der Waals surface area contributed by atoms with Crippen molar-refractivity contribution >= 4 is 26.9 Å². The standard InChI is InChI=1S/C23H20N2O4S/c26-23(27)22(14-18-15-24-21-9-5-4-8-20(18)21)25-30(28,29)19-12-10-17(11-13-19)16-6-2-1-3-7-16/h1-13,15,22,24-25H,14H2,(H,26,27)/p-1/t22-/m1/s1. The quantitative estimate of drug-likeness (QED) is 0.480. The van der Waals surface area contributed by atoms with Crippen LogP contribution in [0.3, 0.4) is 0 Å². The van der Waals surface area contributed by atoms with Crippen molar-refractivity contribution in [2.24, 2.45) is 0 Å². The van der Waals surface area contributed by atoms with E-state index in [-0.39, 0.29) is 11.3 Å². The SMILES string of the molecule is O=C([O-])[C@@H](Cc1c[nH]c2ccccc12)NS(=O)(=O)c1ccc(-c2ccccc2)cc1. The molecule has 7 heteroatoms. The molecule has 0 saturated carbocycles. The van der Waals surface area contributed by atoms with Gasteiger partial charge >= 0.3 is 0 Å². The van der Waals surface area contributed by atoms with Crippen molar-refractivity contribution in [3.05, 3.63) is 90.6 Å². The Morgan fingerprint density at radius 1 is 0.900 bits per heavy atom. The molecule has 0 spiro atoms. The number of aliphatic carboxylic acids is 1. The lowest BCUT2D eigenvalue weighted by atomic mass is 10.1. The summed E-state index contributed by atoms with van der Waals surface area (Å²) in [5.74, 6) is -1.48. The summed E-state index contributed by atoms with van der Waals surface area (Å²) in [4.78, 5) is 14.7. The molecule has 0 aliphatic carbocycles. The number of H-pyrrole nitrogens is 1. The second kappa shape index (κ2) is 8.14. The number of hydrogen-bond donors (Lipinski definition) is 2. The van der Waals surface area contributed by atoms with Gasteiger partial charge in [-0.15, -0.1) is 0 Å². The van der Waals surface area contributed by atoms with Crippen molar-refractivity contribution < 1.29 is 18.3 Å². The molecule has 0 radical (unpaired) electrons. The molecule has 0 aliphatic heterocycles. The summed E-state index contributed by atoms with van der Waals surface area (Å²) < 4.78 is 27.8. The molecule has 0 unspecified atom stereocenters. The molecule has 1 atom stereocenters. The van der Waals surface area contributed by atoms with E-state index in [0.717, 1.165) is 22.0 Å². The van der Waals surface area contributed by atoms with Gasteiger partial charge in [0.15, 0.2) is 0 Å². The zero-order valence-electron chi connectivity index (χ0n) is 15.9. The first-order chi connectivity index (χ1) is 14.4. The molecule has 0 amide bonds. The summed E-state index contributed by atoms with van der Waals surface area (Å²) in [6.07, 6.45) is 1.65. The van der Waals surface area contributed by atoms with E-state index in [1.54, 1.807) is 18.3 Å². The molecule has 0 saturated heterocycles. The average molecular weight is 419 g/mol. The van der Waals surface area contributed by atoms with Crippen LogP contribution in [0.2, 0.25) is 0 Å². The van der Waals surface area contributed by atoms with Crippen molar-refractivity contribution in [1.29, 1.82) is 0 Å². The monoisotopic (exact) mass is 419 g/mol. The number of sulfonamides is 1. The Kier molecular flexibility index (Phi) is 5.39. The Morgan fingerprint density at radius 3 is 2.23 bits per heavy atom. The van der Waals surface area contributed by atoms with Crippen LogP contribution in [0.5, 0.6) is 0 Å². The summed E-state index contributed by atoms with van der Waals surface area (Å²) >= 11 is 0. The van der Waals surface area contributed by atoms with Crippen molar-refractivity contribution in [2.45, 2.75) is 17.4 Å². The van der Waals surface area contributed by atoms with E-state index in [0.29, 0.717) is 5.56 Å².